The molecule has 0 spiro atoms. The van der Waals surface area contributed by atoms with Crippen molar-refractivity contribution in [3.8, 4) is 0 Å². The Balaban J connectivity index is 3.26. The van der Waals surface area contributed by atoms with Crippen LogP contribution >= 0.6 is 0 Å². The maximum absolute atomic E-state index is 12.9. The zero-order valence-corrected chi connectivity index (χ0v) is 13.4. The largest absolute Gasteiger partial charge is 0.311 e. The predicted octanol–water partition coefficient (Wildman–Crippen LogP) is 0.671. The van der Waals surface area contributed by atoms with Crippen LogP contribution < -0.4 is 16.0 Å². The fourth-order valence-corrected chi connectivity index (χ4v) is 2.14. The average molecular weight is 291 g/mol. The molecule has 2 atom stereocenters. The number of benzene rings is 1. The zero-order valence-electron chi connectivity index (χ0n) is 13.4. The highest BCUT2D eigenvalue weighted by Crippen LogP contribution is 2.24. The van der Waals surface area contributed by atoms with E-state index in [0.717, 1.165) is 0 Å². The second-order valence-electron chi connectivity index (χ2n) is 5.25. The van der Waals surface area contributed by atoms with Crippen LogP contribution in [0.4, 0.5) is 0 Å². The monoisotopic (exact) mass is 291 g/mol. The summed E-state index contributed by atoms with van der Waals surface area (Å²) < 4.78 is 0. The van der Waals surface area contributed by atoms with Gasteiger partial charge in [0, 0.05) is 0 Å². The highest BCUT2D eigenvalue weighted by Gasteiger charge is 2.40. The van der Waals surface area contributed by atoms with Gasteiger partial charge in [-0.15, -0.1) is 0 Å². The maximum Gasteiger partial charge on any atom is 0.182 e. The molecule has 3 N–H and O–H groups in total. The molecule has 0 amide bonds. The van der Waals surface area contributed by atoms with Gasteiger partial charge in [-0.2, -0.15) is 0 Å². The lowest BCUT2D eigenvalue weighted by atomic mass is 9.82. The summed E-state index contributed by atoms with van der Waals surface area (Å²) in [5.74, 6) is -1.13. The lowest BCUT2D eigenvalue weighted by molar-refractivity contribution is -0.134. The molecule has 1 aromatic carbocycles. The van der Waals surface area contributed by atoms with Crippen LogP contribution in [0.3, 0.4) is 0 Å². The van der Waals surface area contributed by atoms with Crippen LogP contribution in [-0.4, -0.2) is 44.4 Å². The van der Waals surface area contributed by atoms with Crippen LogP contribution in [0.25, 0.3) is 0 Å². The number of ketones is 2. The second kappa shape index (κ2) is 7.45. The molecule has 0 saturated carbocycles. The number of hydrogen-bond acceptors (Lipinski definition) is 5. The molecular formula is C16H25N3O2. The lowest BCUT2D eigenvalue weighted by Crippen LogP contribution is -2.60. The van der Waals surface area contributed by atoms with Gasteiger partial charge in [0.15, 0.2) is 11.6 Å². The Morgan fingerprint density at radius 2 is 1.57 bits per heavy atom. The molecular weight excluding hydrogens is 266 g/mol. The maximum atomic E-state index is 12.9. The first-order chi connectivity index (χ1) is 9.91. The third-order valence-corrected chi connectivity index (χ3v) is 4.03. The summed E-state index contributed by atoms with van der Waals surface area (Å²) in [6.45, 7) is 3.50. The minimum absolute atomic E-state index is 0.134. The smallest absolute Gasteiger partial charge is 0.182 e. The molecule has 0 aromatic heterocycles. The van der Waals surface area contributed by atoms with Crippen molar-refractivity contribution in [3.05, 3.63) is 35.9 Å². The summed E-state index contributed by atoms with van der Waals surface area (Å²) >= 11 is 0. The second-order valence-corrected chi connectivity index (χ2v) is 5.25. The first kappa shape index (κ1) is 17.5. The van der Waals surface area contributed by atoms with Gasteiger partial charge in [-0.1, -0.05) is 30.3 Å². The van der Waals surface area contributed by atoms with E-state index in [4.69, 9.17) is 0 Å². The average Bonchev–Trinajstić information content (AvgIpc) is 2.54. The molecule has 0 radical (unpaired) electrons. The fraction of sp³-hybridized carbons (Fsp3) is 0.500. The molecule has 5 nitrogen and oxygen atoms in total. The van der Waals surface area contributed by atoms with Gasteiger partial charge in [0.05, 0.1) is 6.04 Å². The Morgan fingerprint density at radius 1 is 1.05 bits per heavy atom. The molecule has 0 aliphatic carbocycles. The van der Waals surface area contributed by atoms with E-state index >= 15 is 0 Å². The van der Waals surface area contributed by atoms with Crippen molar-refractivity contribution in [3.63, 3.8) is 0 Å². The number of Topliss-reactive ketones (excluding diaryl/α,β-unsaturated/α-hetero) is 2. The number of rotatable bonds is 8. The molecule has 116 valence electrons. The summed E-state index contributed by atoms with van der Waals surface area (Å²) in [4.78, 5) is 25.6. The van der Waals surface area contributed by atoms with E-state index in [0.29, 0.717) is 5.56 Å². The van der Waals surface area contributed by atoms with Crippen molar-refractivity contribution < 1.29 is 9.59 Å². The molecule has 0 heterocycles. The molecule has 5 heteroatoms. The van der Waals surface area contributed by atoms with Crippen molar-refractivity contribution in [2.45, 2.75) is 31.5 Å². The van der Waals surface area contributed by atoms with E-state index in [2.05, 4.69) is 16.0 Å². The highest BCUT2D eigenvalue weighted by molar-refractivity contribution is 6.12. The molecule has 0 bridgehead atoms. The normalized spacial score (nSPS) is 14.5. The number of hydrogen-bond donors (Lipinski definition) is 3. The third-order valence-electron chi connectivity index (χ3n) is 4.03. The molecule has 0 saturated heterocycles. The predicted molar refractivity (Wildman–Crippen MR) is 84.2 cm³/mol. The lowest BCUT2D eigenvalue weighted by Gasteiger charge is -2.31. The van der Waals surface area contributed by atoms with Crippen LogP contribution in [0.5, 0.6) is 0 Å². The van der Waals surface area contributed by atoms with Crippen LogP contribution in [0.1, 0.15) is 25.3 Å². The van der Waals surface area contributed by atoms with Crippen molar-refractivity contribution in [1.29, 1.82) is 0 Å². The van der Waals surface area contributed by atoms with Crippen LogP contribution in [0.15, 0.2) is 30.3 Å². The van der Waals surface area contributed by atoms with Crippen molar-refractivity contribution in [1.82, 2.24) is 16.0 Å². The molecule has 1 aromatic rings. The Hall–Kier alpha value is -1.56. The zero-order chi connectivity index (χ0) is 16.0. The van der Waals surface area contributed by atoms with Gasteiger partial charge in [-0.25, -0.2) is 0 Å². The molecule has 21 heavy (non-hydrogen) atoms. The first-order valence-corrected chi connectivity index (χ1v) is 7.09. The fourth-order valence-electron chi connectivity index (χ4n) is 2.14. The van der Waals surface area contributed by atoms with Crippen LogP contribution in [-0.2, 0) is 9.59 Å². The quantitative estimate of drug-likeness (QED) is 0.485. The SMILES string of the molecule is CNC(C)C(=O)C(C(=O)C(C)(NC)NC)c1ccccc1. The van der Waals surface area contributed by atoms with Crippen molar-refractivity contribution >= 4 is 11.6 Å². The van der Waals surface area contributed by atoms with E-state index in [1.54, 1.807) is 35.0 Å². The summed E-state index contributed by atoms with van der Waals surface area (Å²) in [6.07, 6.45) is 0. The van der Waals surface area contributed by atoms with Crippen LogP contribution in [0.2, 0.25) is 0 Å². The first-order valence-electron chi connectivity index (χ1n) is 7.09. The van der Waals surface area contributed by atoms with Gasteiger partial charge in [-0.05, 0) is 40.6 Å². The van der Waals surface area contributed by atoms with E-state index in [-0.39, 0.29) is 11.6 Å². The Kier molecular flexibility index (Phi) is 6.20. The van der Waals surface area contributed by atoms with E-state index in [9.17, 15) is 9.59 Å². The number of nitrogens with one attached hydrogen (secondary N) is 3. The van der Waals surface area contributed by atoms with Crippen LogP contribution in [0, 0.1) is 0 Å². The molecule has 2 unspecified atom stereocenters. The third kappa shape index (κ3) is 3.75. The van der Waals surface area contributed by atoms with Gasteiger partial charge in [0.2, 0.25) is 0 Å². The minimum Gasteiger partial charge on any atom is -0.311 e. The molecule has 0 aliphatic rings. The molecule has 0 aliphatic heterocycles. The number of likely N-dealkylation sites (N-methyl/N-ethyl adjacent to an activating group) is 3. The molecule has 0 fully saturated rings. The van der Waals surface area contributed by atoms with Gasteiger partial charge in [-0.3, -0.25) is 20.2 Å². The van der Waals surface area contributed by atoms with Crippen molar-refractivity contribution in [2.75, 3.05) is 21.1 Å². The van der Waals surface area contributed by atoms with Gasteiger partial charge < -0.3 is 5.32 Å². The number of carbonyl (C=O) groups is 2. The Labute approximate surface area is 126 Å². The van der Waals surface area contributed by atoms with Crippen molar-refractivity contribution in [2.24, 2.45) is 0 Å². The van der Waals surface area contributed by atoms with E-state index in [1.807, 2.05) is 30.3 Å². The van der Waals surface area contributed by atoms with Gasteiger partial charge in [0.1, 0.15) is 11.6 Å². The summed E-state index contributed by atoms with van der Waals surface area (Å²) in [5.41, 5.74) is -0.241. The van der Waals surface area contributed by atoms with Gasteiger partial charge >= 0.3 is 0 Å². The number of carbonyl (C=O) groups excluding carboxylic acids is 2. The molecule has 1 rings (SSSR count). The van der Waals surface area contributed by atoms with E-state index in [1.165, 1.54) is 0 Å². The topological polar surface area (TPSA) is 70.2 Å². The highest BCUT2D eigenvalue weighted by atomic mass is 16.2. The van der Waals surface area contributed by atoms with E-state index < -0.39 is 17.6 Å². The standard InChI is InChI=1S/C16H25N3O2/c1-11(17-3)14(20)13(12-9-7-6-8-10-12)15(21)16(2,18-4)19-5/h6-11,13,17-19H,1-5H3. The Bertz CT molecular complexity index is 484. The summed E-state index contributed by atoms with van der Waals surface area (Å²) in [6, 6.07) is 8.78. The Morgan fingerprint density at radius 3 is 2.00 bits per heavy atom. The minimum atomic E-state index is -0.955. The summed E-state index contributed by atoms with van der Waals surface area (Å²) in [7, 11) is 5.11. The van der Waals surface area contributed by atoms with Gasteiger partial charge in [0.25, 0.3) is 0 Å². The summed E-state index contributed by atoms with van der Waals surface area (Å²) in [5, 5.41) is 8.83.